The van der Waals surface area contributed by atoms with Crippen LogP contribution in [0.2, 0.25) is 0 Å². The van der Waals surface area contributed by atoms with Crippen LogP contribution in [0.1, 0.15) is 78.7 Å². The second-order valence-electron chi connectivity index (χ2n) is 5.92. The summed E-state index contributed by atoms with van der Waals surface area (Å²) < 4.78 is 0. The molecule has 0 amide bonds. The predicted octanol–water partition coefficient (Wildman–Crippen LogP) is 4.48. The van der Waals surface area contributed by atoms with Crippen LogP contribution in [0.15, 0.2) is 0 Å². The Bertz CT molecular complexity index is 431. The Balaban J connectivity index is 2.22. The van der Waals surface area contributed by atoms with E-state index in [1.54, 1.807) is 0 Å². The van der Waals surface area contributed by atoms with Gasteiger partial charge in [0.15, 0.2) is 0 Å². The highest BCUT2D eigenvalue weighted by molar-refractivity contribution is 7.13. The summed E-state index contributed by atoms with van der Waals surface area (Å²) >= 11 is 1.41. The number of aromatic carboxylic acids is 1. The van der Waals surface area contributed by atoms with Gasteiger partial charge in [0, 0.05) is 5.92 Å². The minimum absolute atomic E-state index is 0.446. The lowest BCUT2D eigenvalue weighted by Gasteiger charge is -2.09. The molecule has 1 aromatic heterocycles. The van der Waals surface area contributed by atoms with Crippen molar-refractivity contribution in [2.24, 2.45) is 5.92 Å². The highest BCUT2D eigenvalue weighted by Gasteiger charge is 2.23. The third-order valence-electron chi connectivity index (χ3n) is 3.71. The number of hydrogen-bond donors (Lipinski definition) is 1. The zero-order valence-electron chi connectivity index (χ0n) is 11.8. The second kappa shape index (κ2) is 6.51. The second-order valence-corrected chi connectivity index (χ2v) is 6.95. The first-order valence-electron chi connectivity index (χ1n) is 7.30. The molecule has 1 fully saturated rings. The molecule has 2 rings (SSSR count). The minimum Gasteiger partial charge on any atom is -0.477 e. The van der Waals surface area contributed by atoms with Crippen molar-refractivity contribution in [2.45, 2.75) is 64.7 Å². The van der Waals surface area contributed by atoms with Crippen LogP contribution in [0.5, 0.6) is 0 Å². The molecule has 19 heavy (non-hydrogen) atoms. The number of carboxylic acids is 1. The quantitative estimate of drug-likeness (QED) is 0.828. The molecular formula is C15H23NO2S. The molecule has 0 unspecified atom stereocenters. The molecule has 1 aliphatic rings. The maximum Gasteiger partial charge on any atom is 0.347 e. The number of rotatable bonds is 4. The normalized spacial score (nSPS) is 17.6. The maximum absolute atomic E-state index is 11.3. The largest absolute Gasteiger partial charge is 0.477 e. The molecule has 0 bridgehead atoms. The van der Waals surface area contributed by atoms with E-state index in [-0.39, 0.29) is 0 Å². The number of nitrogens with zero attached hydrogens (tertiary/aromatic N) is 1. The van der Waals surface area contributed by atoms with Crippen molar-refractivity contribution in [3.05, 3.63) is 15.6 Å². The Morgan fingerprint density at radius 2 is 1.95 bits per heavy atom. The molecule has 1 aliphatic carbocycles. The zero-order valence-corrected chi connectivity index (χ0v) is 12.6. The van der Waals surface area contributed by atoms with Gasteiger partial charge >= 0.3 is 5.97 Å². The fourth-order valence-electron chi connectivity index (χ4n) is 2.76. The minimum atomic E-state index is -0.812. The van der Waals surface area contributed by atoms with Gasteiger partial charge in [-0.25, -0.2) is 9.78 Å². The molecule has 3 nitrogen and oxygen atoms in total. The third kappa shape index (κ3) is 3.78. The predicted molar refractivity (Wildman–Crippen MR) is 78.1 cm³/mol. The number of carboxylic acid groups (broad SMARTS) is 1. The lowest BCUT2D eigenvalue weighted by molar-refractivity contribution is 0.0700. The highest BCUT2D eigenvalue weighted by Crippen LogP contribution is 2.35. The van der Waals surface area contributed by atoms with E-state index in [9.17, 15) is 9.90 Å². The van der Waals surface area contributed by atoms with Gasteiger partial charge in [-0.1, -0.05) is 39.5 Å². The van der Waals surface area contributed by atoms with Crippen molar-refractivity contribution < 1.29 is 9.90 Å². The van der Waals surface area contributed by atoms with Crippen LogP contribution in [-0.2, 0) is 6.42 Å². The molecule has 0 radical (unpaired) electrons. The lowest BCUT2D eigenvalue weighted by atomic mass is 10.0. The van der Waals surface area contributed by atoms with Gasteiger partial charge in [0.05, 0.1) is 10.7 Å². The summed E-state index contributed by atoms with van der Waals surface area (Å²) in [4.78, 5) is 16.5. The number of hydrogen-bond acceptors (Lipinski definition) is 3. The highest BCUT2D eigenvalue weighted by atomic mass is 32.1. The summed E-state index contributed by atoms with van der Waals surface area (Å²) in [6.07, 6.45) is 8.25. The third-order valence-corrected chi connectivity index (χ3v) is 4.96. The Hall–Kier alpha value is -0.900. The van der Waals surface area contributed by atoms with E-state index in [4.69, 9.17) is 0 Å². The molecule has 0 aromatic carbocycles. The van der Waals surface area contributed by atoms with Crippen molar-refractivity contribution in [2.75, 3.05) is 0 Å². The molecule has 106 valence electrons. The van der Waals surface area contributed by atoms with Crippen LogP contribution in [0, 0.1) is 5.92 Å². The van der Waals surface area contributed by atoms with Gasteiger partial charge in [-0.2, -0.15) is 0 Å². The standard InChI is InChI=1S/C15H23NO2S/c1-10(2)9-12-13(15(17)18)19-14(16-12)11-7-5-3-4-6-8-11/h10-11H,3-9H2,1-2H3,(H,17,18). The van der Waals surface area contributed by atoms with Crippen molar-refractivity contribution >= 4 is 17.3 Å². The Labute approximate surface area is 119 Å². The van der Waals surface area contributed by atoms with Crippen LogP contribution in [0.3, 0.4) is 0 Å². The van der Waals surface area contributed by atoms with Gasteiger partial charge in [-0.15, -0.1) is 11.3 Å². The first-order chi connectivity index (χ1) is 9.08. The summed E-state index contributed by atoms with van der Waals surface area (Å²) in [6, 6.07) is 0. The van der Waals surface area contributed by atoms with Gasteiger partial charge in [0.2, 0.25) is 0 Å². The van der Waals surface area contributed by atoms with Crippen LogP contribution in [0.25, 0.3) is 0 Å². The van der Waals surface area contributed by atoms with E-state index in [1.807, 2.05) is 0 Å². The number of thiazole rings is 1. The number of carbonyl (C=O) groups is 1. The topological polar surface area (TPSA) is 50.2 Å². The van der Waals surface area contributed by atoms with Gasteiger partial charge in [0.25, 0.3) is 0 Å². The van der Waals surface area contributed by atoms with E-state index in [2.05, 4.69) is 18.8 Å². The first-order valence-corrected chi connectivity index (χ1v) is 8.12. The summed E-state index contributed by atoms with van der Waals surface area (Å²) in [5, 5.41) is 10.4. The fraction of sp³-hybridized carbons (Fsp3) is 0.733. The lowest BCUT2D eigenvalue weighted by Crippen LogP contribution is -2.03. The fourth-order valence-corrected chi connectivity index (χ4v) is 3.86. The molecule has 0 spiro atoms. The van der Waals surface area contributed by atoms with Crippen LogP contribution < -0.4 is 0 Å². The van der Waals surface area contributed by atoms with Crippen LogP contribution >= 0.6 is 11.3 Å². The van der Waals surface area contributed by atoms with E-state index in [1.165, 1.54) is 49.9 Å². The molecule has 0 saturated heterocycles. The van der Waals surface area contributed by atoms with E-state index < -0.39 is 5.97 Å². The number of aromatic nitrogens is 1. The molecule has 1 N–H and O–H groups in total. The van der Waals surface area contributed by atoms with Gasteiger partial charge in [0.1, 0.15) is 4.88 Å². The summed E-state index contributed by atoms with van der Waals surface area (Å²) in [5.41, 5.74) is 0.798. The Kier molecular flexibility index (Phi) is 4.97. The van der Waals surface area contributed by atoms with E-state index >= 15 is 0 Å². The van der Waals surface area contributed by atoms with Crippen LogP contribution in [0.4, 0.5) is 0 Å². The SMILES string of the molecule is CC(C)Cc1nc(C2CCCCCC2)sc1C(=O)O. The zero-order chi connectivity index (χ0) is 13.8. The molecule has 4 heteroatoms. The Morgan fingerprint density at radius 1 is 1.32 bits per heavy atom. The summed E-state index contributed by atoms with van der Waals surface area (Å²) in [5.74, 6) is 0.127. The molecule has 1 heterocycles. The van der Waals surface area contributed by atoms with E-state index in [0.717, 1.165) is 17.1 Å². The molecule has 1 aromatic rings. The molecular weight excluding hydrogens is 258 g/mol. The van der Waals surface area contributed by atoms with Gasteiger partial charge in [-0.3, -0.25) is 0 Å². The smallest absolute Gasteiger partial charge is 0.347 e. The monoisotopic (exact) mass is 281 g/mol. The molecule has 1 saturated carbocycles. The van der Waals surface area contributed by atoms with Gasteiger partial charge < -0.3 is 5.11 Å². The summed E-state index contributed by atoms with van der Waals surface area (Å²) in [6.45, 7) is 4.21. The molecule has 0 aliphatic heterocycles. The van der Waals surface area contributed by atoms with Crippen molar-refractivity contribution in [3.63, 3.8) is 0 Å². The van der Waals surface area contributed by atoms with Crippen molar-refractivity contribution in [3.8, 4) is 0 Å². The van der Waals surface area contributed by atoms with Crippen molar-refractivity contribution in [1.29, 1.82) is 0 Å². The van der Waals surface area contributed by atoms with Crippen LogP contribution in [-0.4, -0.2) is 16.1 Å². The average molecular weight is 281 g/mol. The van der Waals surface area contributed by atoms with E-state index in [0.29, 0.717) is 16.7 Å². The summed E-state index contributed by atoms with van der Waals surface area (Å²) in [7, 11) is 0. The Morgan fingerprint density at radius 3 is 2.47 bits per heavy atom. The maximum atomic E-state index is 11.3. The first kappa shape index (κ1) is 14.5. The molecule has 0 atom stereocenters. The van der Waals surface area contributed by atoms with Crippen molar-refractivity contribution in [1.82, 2.24) is 4.98 Å². The van der Waals surface area contributed by atoms with Gasteiger partial charge in [-0.05, 0) is 25.2 Å². The average Bonchev–Trinajstić information content (AvgIpc) is 2.59.